The minimum Gasteiger partial charge on any atom is -0.497 e. The van der Waals surface area contributed by atoms with Crippen molar-refractivity contribution in [2.75, 3.05) is 19.5 Å². The zero-order valence-corrected chi connectivity index (χ0v) is 12.5. The van der Waals surface area contributed by atoms with Crippen molar-refractivity contribution >= 4 is 5.69 Å². The molecule has 1 aliphatic carbocycles. The van der Waals surface area contributed by atoms with Crippen molar-refractivity contribution in [2.45, 2.75) is 45.6 Å². The van der Waals surface area contributed by atoms with Gasteiger partial charge in [0.15, 0.2) is 0 Å². The third-order valence-corrected chi connectivity index (χ3v) is 4.20. The van der Waals surface area contributed by atoms with Crippen molar-refractivity contribution in [3.63, 3.8) is 0 Å². The van der Waals surface area contributed by atoms with Crippen LogP contribution in [0.2, 0.25) is 0 Å². The highest BCUT2D eigenvalue weighted by Crippen LogP contribution is 2.38. The molecule has 1 unspecified atom stereocenters. The summed E-state index contributed by atoms with van der Waals surface area (Å²) in [5.41, 5.74) is 1.42. The number of rotatable bonds is 4. The van der Waals surface area contributed by atoms with E-state index in [4.69, 9.17) is 9.47 Å². The predicted octanol–water partition coefficient (Wildman–Crippen LogP) is 4.08. The zero-order valence-electron chi connectivity index (χ0n) is 12.5. The van der Waals surface area contributed by atoms with Gasteiger partial charge in [0.25, 0.3) is 0 Å². The lowest BCUT2D eigenvalue weighted by atomic mass is 9.73. The van der Waals surface area contributed by atoms with E-state index in [0.29, 0.717) is 11.5 Å². The van der Waals surface area contributed by atoms with E-state index in [9.17, 15) is 0 Å². The van der Waals surface area contributed by atoms with Crippen molar-refractivity contribution in [3.05, 3.63) is 18.2 Å². The van der Waals surface area contributed by atoms with Gasteiger partial charge in [0.05, 0.1) is 14.2 Å². The molecule has 0 spiro atoms. The van der Waals surface area contributed by atoms with Gasteiger partial charge in [-0.1, -0.05) is 26.7 Å². The second-order valence-electron chi connectivity index (χ2n) is 6.03. The monoisotopic (exact) mass is 263 g/mol. The van der Waals surface area contributed by atoms with Crippen LogP contribution < -0.4 is 14.8 Å². The first-order valence-corrected chi connectivity index (χ1v) is 7.05. The molecule has 0 bridgehead atoms. The fourth-order valence-corrected chi connectivity index (χ4v) is 2.85. The number of ether oxygens (including phenoxy) is 2. The van der Waals surface area contributed by atoms with E-state index in [1.165, 1.54) is 25.7 Å². The summed E-state index contributed by atoms with van der Waals surface area (Å²) in [5.74, 6) is 1.66. The summed E-state index contributed by atoms with van der Waals surface area (Å²) in [6, 6.07) is 6.48. The molecule has 1 N–H and O–H groups in total. The molecule has 1 saturated carbocycles. The first-order valence-electron chi connectivity index (χ1n) is 7.05. The fourth-order valence-electron chi connectivity index (χ4n) is 2.85. The summed E-state index contributed by atoms with van der Waals surface area (Å²) in [4.78, 5) is 0. The molecule has 1 fully saturated rings. The summed E-state index contributed by atoms with van der Waals surface area (Å²) in [7, 11) is 3.37. The van der Waals surface area contributed by atoms with Crippen molar-refractivity contribution in [3.8, 4) is 11.5 Å². The highest BCUT2D eigenvalue weighted by Gasteiger charge is 2.32. The van der Waals surface area contributed by atoms with Gasteiger partial charge in [0.2, 0.25) is 0 Å². The molecule has 1 aromatic carbocycles. The number of benzene rings is 1. The highest BCUT2D eigenvalue weighted by molar-refractivity contribution is 5.54. The topological polar surface area (TPSA) is 30.5 Å². The molecule has 0 heterocycles. The Bertz CT molecular complexity index is 407. The smallest absolute Gasteiger partial charge is 0.124 e. The molecule has 2 rings (SSSR count). The Balaban J connectivity index is 2.17. The van der Waals surface area contributed by atoms with E-state index in [0.717, 1.165) is 17.2 Å². The lowest BCUT2D eigenvalue weighted by Gasteiger charge is -2.39. The van der Waals surface area contributed by atoms with Crippen LogP contribution in [0, 0.1) is 5.41 Å². The summed E-state index contributed by atoms with van der Waals surface area (Å²) < 4.78 is 10.6. The van der Waals surface area contributed by atoms with Gasteiger partial charge in [0.1, 0.15) is 11.5 Å². The summed E-state index contributed by atoms with van der Waals surface area (Å²) >= 11 is 0. The molecule has 0 aliphatic heterocycles. The standard InChI is InChI=1S/C16H25NO2/c1-16(2)8-6-5-7-15(16)17-12-9-13(18-3)11-14(10-12)19-4/h9-11,15,17H,5-8H2,1-4H3. The lowest BCUT2D eigenvalue weighted by molar-refractivity contribution is 0.217. The van der Waals surface area contributed by atoms with E-state index in [1.54, 1.807) is 14.2 Å². The van der Waals surface area contributed by atoms with Crippen molar-refractivity contribution in [2.24, 2.45) is 5.41 Å². The normalized spacial score (nSPS) is 21.8. The Labute approximate surface area is 116 Å². The lowest BCUT2D eigenvalue weighted by Crippen LogP contribution is -2.38. The van der Waals surface area contributed by atoms with Crippen LogP contribution in [-0.2, 0) is 0 Å². The van der Waals surface area contributed by atoms with Gasteiger partial charge in [-0.15, -0.1) is 0 Å². The number of nitrogens with one attached hydrogen (secondary N) is 1. The Morgan fingerprint density at radius 2 is 1.68 bits per heavy atom. The second-order valence-corrected chi connectivity index (χ2v) is 6.03. The van der Waals surface area contributed by atoms with Crippen LogP contribution >= 0.6 is 0 Å². The van der Waals surface area contributed by atoms with Gasteiger partial charge in [0, 0.05) is 29.9 Å². The third kappa shape index (κ3) is 3.34. The molecule has 1 atom stereocenters. The van der Waals surface area contributed by atoms with Crippen LogP contribution in [0.4, 0.5) is 5.69 Å². The summed E-state index contributed by atoms with van der Waals surface area (Å²) in [6.07, 6.45) is 5.16. The molecule has 3 heteroatoms. The van der Waals surface area contributed by atoms with Crippen LogP contribution in [0.15, 0.2) is 18.2 Å². The average Bonchev–Trinajstić information content (AvgIpc) is 2.40. The average molecular weight is 263 g/mol. The van der Waals surface area contributed by atoms with Gasteiger partial charge in [-0.05, 0) is 18.3 Å². The first-order chi connectivity index (χ1) is 9.05. The molecule has 106 valence electrons. The van der Waals surface area contributed by atoms with Gasteiger partial charge < -0.3 is 14.8 Å². The van der Waals surface area contributed by atoms with Crippen molar-refractivity contribution in [1.29, 1.82) is 0 Å². The molecule has 3 nitrogen and oxygen atoms in total. The molecule has 1 aliphatic rings. The van der Waals surface area contributed by atoms with Gasteiger partial charge >= 0.3 is 0 Å². The van der Waals surface area contributed by atoms with E-state index in [-0.39, 0.29) is 0 Å². The number of hydrogen-bond donors (Lipinski definition) is 1. The molecular formula is C16H25NO2. The molecule has 1 aromatic rings. The Morgan fingerprint density at radius 3 is 2.21 bits per heavy atom. The molecular weight excluding hydrogens is 238 g/mol. The number of hydrogen-bond acceptors (Lipinski definition) is 3. The third-order valence-electron chi connectivity index (χ3n) is 4.20. The van der Waals surface area contributed by atoms with Crippen LogP contribution in [-0.4, -0.2) is 20.3 Å². The Kier molecular flexibility index (Phi) is 4.23. The Hall–Kier alpha value is -1.38. The quantitative estimate of drug-likeness (QED) is 0.887. The minimum absolute atomic E-state index is 0.342. The van der Waals surface area contributed by atoms with Gasteiger partial charge in [-0.2, -0.15) is 0 Å². The number of methoxy groups -OCH3 is 2. The molecule has 0 amide bonds. The van der Waals surface area contributed by atoms with Crippen molar-refractivity contribution in [1.82, 2.24) is 0 Å². The van der Waals surface area contributed by atoms with E-state index in [2.05, 4.69) is 19.2 Å². The maximum Gasteiger partial charge on any atom is 0.124 e. The zero-order chi connectivity index (χ0) is 13.9. The molecule has 0 saturated heterocycles. The summed E-state index contributed by atoms with van der Waals surface area (Å²) in [5, 5.41) is 3.66. The van der Waals surface area contributed by atoms with Crippen molar-refractivity contribution < 1.29 is 9.47 Å². The number of anilines is 1. The molecule has 0 aromatic heterocycles. The van der Waals surface area contributed by atoms with Crippen LogP contribution in [0.3, 0.4) is 0 Å². The molecule has 19 heavy (non-hydrogen) atoms. The second kappa shape index (κ2) is 5.72. The maximum absolute atomic E-state index is 5.32. The van der Waals surface area contributed by atoms with Gasteiger partial charge in [-0.25, -0.2) is 0 Å². The van der Waals surface area contributed by atoms with Crippen LogP contribution in [0.5, 0.6) is 11.5 Å². The maximum atomic E-state index is 5.32. The van der Waals surface area contributed by atoms with E-state index >= 15 is 0 Å². The van der Waals surface area contributed by atoms with E-state index in [1.807, 2.05) is 18.2 Å². The minimum atomic E-state index is 0.342. The summed E-state index contributed by atoms with van der Waals surface area (Å²) in [6.45, 7) is 4.70. The first kappa shape index (κ1) is 14.0. The largest absolute Gasteiger partial charge is 0.497 e. The van der Waals surface area contributed by atoms with E-state index < -0.39 is 0 Å². The highest BCUT2D eigenvalue weighted by atomic mass is 16.5. The fraction of sp³-hybridized carbons (Fsp3) is 0.625. The van der Waals surface area contributed by atoms with Crippen LogP contribution in [0.1, 0.15) is 39.5 Å². The van der Waals surface area contributed by atoms with Crippen LogP contribution in [0.25, 0.3) is 0 Å². The van der Waals surface area contributed by atoms with Gasteiger partial charge in [-0.3, -0.25) is 0 Å². The molecule has 0 radical (unpaired) electrons. The Morgan fingerprint density at radius 1 is 1.05 bits per heavy atom. The predicted molar refractivity (Wildman–Crippen MR) is 79.2 cm³/mol. The SMILES string of the molecule is COc1cc(NC2CCCCC2(C)C)cc(OC)c1.